The molecule has 26 heavy (non-hydrogen) atoms. The van der Waals surface area contributed by atoms with Crippen molar-refractivity contribution in [3.05, 3.63) is 64.6 Å². The lowest BCUT2D eigenvalue weighted by molar-refractivity contribution is -0.115. The van der Waals surface area contributed by atoms with Crippen LogP contribution in [0, 0.1) is 0 Å². The summed E-state index contributed by atoms with van der Waals surface area (Å²) in [7, 11) is 1.31. The number of benzene rings is 2. The first-order chi connectivity index (χ1) is 12.5. The molecule has 6 nitrogen and oxygen atoms in total. The first-order valence-electron chi connectivity index (χ1n) is 7.75. The molecule has 1 amide bonds. The molecular weight excluding hydrogens is 352 g/mol. The fourth-order valence-corrected chi connectivity index (χ4v) is 3.32. The molecule has 132 valence electrons. The number of carbonyl (C=O) groups is 2. The number of amides is 1. The van der Waals surface area contributed by atoms with Crippen LogP contribution in [0.5, 0.6) is 5.75 Å². The van der Waals surface area contributed by atoms with Gasteiger partial charge in [-0.1, -0.05) is 24.3 Å². The fourth-order valence-electron chi connectivity index (χ4n) is 2.43. The lowest BCUT2D eigenvalue weighted by Crippen LogP contribution is -2.19. The predicted octanol–water partition coefficient (Wildman–Crippen LogP) is 3.46. The average Bonchev–Trinajstić information content (AvgIpc) is 3.01. The smallest absolute Gasteiger partial charge is 0.340 e. The number of amidine groups is 1. The van der Waals surface area contributed by atoms with Gasteiger partial charge in [-0.3, -0.25) is 4.79 Å². The number of hydrogen-bond donors (Lipinski definition) is 2. The number of allylic oxidation sites excluding steroid dienone is 1. The van der Waals surface area contributed by atoms with Gasteiger partial charge in [-0.2, -0.15) is 0 Å². The summed E-state index contributed by atoms with van der Waals surface area (Å²) in [6, 6.07) is 13.4. The minimum atomic E-state index is -0.490. The molecule has 7 heteroatoms. The van der Waals surface area contributed by atoms with E-state index in [-0.39, 0.29) is 11.7 Å². The van der Waals surface area contributed by atoms with Crippen molar-refractivity contribution in [2.24, 2.45) is 4.99 Å². The van der Waals surface area contributed by atoms with E-state index in [4.69, 9.17) is 4.74 Å². The van der Waals surface area contributed by atoms with E-state index in [1.807, 2.05) is 6.92 Å². The van der Waals surface area contributed by atoms with E-state index in [2.05, 4.69) is 10.3 Å². The summed E-state index contributed by atoms with van der Waals surface area (Å²) < 4.78 is 4.76. The molecule has 0 bridgehead atoms. The zero-order valence-electron chi connectivity index (χ0n) is 14.1. The maximum atomic E-state index is 12.3. The van der Waals surface area contributed by atoms with Crippen LogP contribution >= 0.6 is 11.8 Å². The number of phenolic OH excluding ortho intramolecular Hbond substituents is 1. The van der Waals surface area contributed by atoms with Crippen LogP contribution < -0.4 is 5.32 Å². The summed E-state index contributed by atoms with van der Waals surface area (Å²) in [6.45, 7) is 1.83. The number of methoxy groups -OCH3 is 1. The van der Waals surface area contributed by atoms with Crippen molar-refractivity contribution < 1.29 is 19.4 Å². The van der Waals surface area contributed by atoms with E-state index >= 15 is 0 Å². The zero-order chi connectivity index (χ0) is 18.7. The topological polar surface area (TPSA) is 88.0 Å². The van der Waals surface area contributed by atoms with E-state index in [0.29, 0.717) is 21.3 Å². The van der Waals surface area contributed by atoms with E-state index < -0.39 is 5.97 Å². The van der Waals surface area contributed by atoms with E-state index in [1.54, 1.807) is 48.5 Å². The average molecular weight is 368 g/mol. The maximum Gasteiger partial charge on any atom is 0.340 e. The second-order valence-corrected chi connectivity index (χ2v) is 6.48. The molecule has 2 N–H and O–H groups in total. The standard InChI is InChI=1S/C19H16N2O4S/c1-11(12-7-9-13(22)10-8-12)16-17(23)21-19(26-16)20-15-6-4-3-5-14(15)18(24)25-2/h3-10,22H,1-2H3,(H,20,21,23)/b16-11-. The number of nitrogens with one attached hydrogen (secondary N) is 1. The Morgan fingerprint density at radius 3 is 2.54 bits per heavy atom. The van der Waals surface area contributed by atoms with Crippen molar-refractivity contribution in [1.82, 2.24) is 5.32 Å². The number of nitrogens with zero attached hydrogens (tertiary/aromatic N) is 1. The van der Waals surface area contributed by atoms with Crippen LogP contribution in [0.4, 0.5) is 5.69 Å². The molecule has 3 rings (SSSR count). The Bertz CT molecular complexity index is 933. The summed E-state index contributed by atoms with van der Waals surface area (Å²) in [5, 5.41) is 12.5. The van der Waals surface area contributed by atoms with Crippen molar-refractivity contribution in [3.63, 3.8) is 0 Å². The minimum Gasteiger partial charge on any atom is -0.508 e. The Balaban J connectivity index is 1.93. The number of carbonyl (C=O) groups excluding carboxylic acids is 2. The summed E-state index contributed by atoms with van der Waals surface area (Å²) in [5.74, 6) is -0.582. The van der Waals surface area contributed by atoms with Gasteiger partial charge in [0.2, 0.25) is 0 Å². The molecule has 2 aromatic carbocycles. The highest BCUT2D eigenvalue weighted by Gasteiger charge is 2.27. The number of thioether (sulfide) groups is 1. The highest BCUT2D eigenvalue weighted by molar-refractivity contribution is 8.18. The normalized spacial score (nSPS) is 17.2. The van der Waals surface area contributed by atoms with Crippen molar-refractivity contribution >= 4 is 40.1 Å². The number of esters is 1. The highest BCUT2D eigenvalue weighted by Crippen LogP contribution is 2.33. The first kappa shape index (κ1) is 17.8. The Morgan fingerprint density at radius 2 is 1.85 bits per heavy atom. The first-order valence-corrected chi connectivity index (χ1v) is 8.56. The van der Waals surface area contributed by atoms with Gasteiger partial charge in [0, 0.05) is 0 Å². The number of aliphatic imine (C=N–C) groups is 1. The number of ether oxygens (including phenoxy) is 1. The Hall–Kier alpha value is -3.06. The number of phenols is 1. The van der Waals surface area contributed by atoms with Gasteiger partial charge < -0.3 is 15.2 Å². The largest absolute Gasteiger partial charge is 0.508 e. The number of rotatable bonds is 3. The lowest BCUT2D eigenvalue weighted by atomic mass is 10.1. The lowest BCUT2D eigenvalue weighted by Gasteiger charge is -2.04. The summed E-state index contributed by atoms with van der Waals surface area (Å²) in [5.41, 5.74) is 2.35. The molecule has 0 aromatic heterocycles. The molecule has 0 atom stereocenters. The molecule has 1 aliphatic rings. The summed E-state index contributed by atoms with van der Waals surface area (Å²) in [6.07, 6.45) is 0. The third-order valence-corrected chi connectivity index (χ3v) is 4.88. The molecule has 1 aliphatic heterocycles. The van der Waals surface area contributed by atoms with Gasteiger partial charge in [0.1, 0.15) is 5.75 Å². The second-order valence-electron chi connectivity index (χ2n) is 5.48. The molecule has 0 saturated carbocycles. The Morgan fingerprint density at radius 1 is 1.15 bits per heavy atom. The van der Waals surface area contributed by atoms with E-state index in [9.17, 15) is 14.7 Å². The fraction of sp³-hybridized carbons (Fsp3) is 0.105. The molecule has 1 fully saturated rings. The van der Waals surface area contributed by atoms with Crippen LogP contribution in [-0.4, -0.2) is 29.3 Å². The Kier molecular flexibility index (Phi) is 5.09. The van der Waals surface area contributed by atoms with Gasteiger partial charge in [0.25, 0.3) is 5.91 Å². The van der Waals surface area contributed by atoms with Crippen molar-refractivity contribution in [2.75, 3.05) is 7.11 Å². The molecule has 0 aliphatic carbocycles. The van der Waals surface area contributed by atoms with Gasteiger partial charge in [0.15, 0.2) is 5.17 Å². The van der Waals surface area contributed by atoms with Gasteiger partial charge in [-0.15, -0.1) is 0 Å². The highest BCUT2D eigenvalue weighted by atomic mass is 32.2. The molecule has 1 saturated heterocycles. The Labute approximate surface area is 154 Å². The van der Waals surface area contributed by atoms with E-state index in [1.165, 1.54) is 18.9 Å². The summed E-state index contributed by atoms with van der Waals surface area (Å²) in [4.78, 5) is 29.1. The van der Waals surface area contributed by atoms with Gasteiger partial charge in [0.05, 0.1) is 23.3 Å². The molecule has 1 heterocycles. The third-order valence-electron chi connectivity index (χ3n) is 3.80. The maximum absolute atomic E-state index is 12.3. The van der Waals surface area contributed by atoms with Crippen LogP contribution in [0.2, 0.25) is 0 Å². The quantitative estimate of drug-likeness (QED) is 0.640. The van der Waals surface area contributed by atoms with E-state index in [0.717, 1.165) is 11.1 Å². The van der Waals surface area contributed by atoms with Crippen LogP contribution in [0.3, 0.4) is 0 Å². The molecule has 0 spiro atoms. The number of hydrogen-bond acceptors (Lipinski definition) is 6. The van der Waals surface area contributed by atoms with Gasteiger partial charge in [-0.05, 0) is 54.1 Å². The summed E-state index contributed by atoms with van der Waals surface area (Å²) >= 11 is 1.20. The molecular formula is C19H16N2O4S. The monoisotopic (exact) mass is 368 g/mol. The van der Waals surface area contributed by atoms with Gasteiger partial charge >= 0.3 is 5.97 Å². The number of para-hydroxylation sites is 1. The van der Waals surface area contributed by atoms with Crippen LogP contribution in [-0.2, 0) is 9.53 Å². The van der Waals surface area contributed by atoms with Crippen LogP contribution in [0.1, 0.15) is 22.8 Å². The third kappa shape index (κ3) is 3.62. The van der Waals surface area contributed by atoms with Crippen LogP contribution in [0.15, 0.2) is 58.4 Å². The number of aromatic hydroxyl groups is 1. The van der Waals surface area contributed by atoms with Crippen molar-refractivity contribution in [3.8, 4) is 5.75 Å². The molecule has 0 radical (unpaired) electrons. The minimum absolute atomic E-state index is 0.164. The predicted molar refractivity (Wildman–Crippen MR) is 101 cm³/mol. The van der Waals surface area contributed by atoms with Crippen LogP contribution in [0.25, 0.3) is 5.57 Å². The molecule has 2 aromatic rings. The zero-order valence-corrected chi connectivity index (χ0v) is 15.0. The SMILES string of the molecule is COC(=O)c1ccccc1N=C1NC(=O)/C(=C(\C)c2ccc(O)cc2)S1. The van der Waals surface area contributed by atoms with Crippen molar-refractivity contribution in [1.29, 1.82) is 0 Å². The van der Waals surface area contributed by atoms with Gasteiger partial charge in [-0.25, -0.2) is 9.79 Å². The molecule has 0 unspecified atom stereocenters. The second kappa shape index (κ2) is 7.45. The van der Waals surface area contributed by atoms with Crippen molar-refractivity contribution in [2.45, 2.75) is 6.92 Å².